The van der Waals surface area contributed by atoms with E-state index in [1.54, 1.807) is 24.5 Å². The molecule has 2 heterocycles. The van der Waals surface area contributed by atoms with Crippen LogP contribution in [-0.2, 0) is 0 Å². The van der Waals surface area contributed by atoms with Crippen LogP contribution in [0, 0.1) is 0 Å². The van der Waals surface area contributed by atoms with Gasteiger partial charge in [0.25, 0.3) is 0 Å². The van der Waals surface area contributed by atoms with E-state index in [1.165, 1.54) is 0 Å². The molecule has 0 aromatic carbocycles. The monoisotopic (exact) mass is 162 g/mol. The molecule has 0 amide bonds. The number of rotatable bonds is 1. The number of hydrogen-bond donors (Lipinski definition) is 1. The van der Waals surface area contributed by atoms with Crippen LogP contribution in [0.2, 0.25) is 0 Å². The van der Waals surface area contributed by atoms with E-state index < -0.39 is 0 Å². The smallest absolute Gasteiger partial charge is 0.196 e. The summed E-state index contributed by atoms with van der Waals surface area (Å²) in [5.74, 6) is 0.293. The number of nitrogens with zero attached hydrogens (tertiary/aromatic N) is 3. The molecule has 5 heteroatoms. The van der Waals surface area contributed by atoms with Gasteiger partial charge < -0.3 is 5.73 Å². The average Bonchev–Trinajstić information content (AvgIpc) is 2.53. The Bertz CT molecular complexity index is 370. The van der Waals surface area contributed by atoms with Crippen molar-refractivity contribution in [2.45, 2.75) is 0 Å². The number of nitrogens with two attached hydrogens (primary N) is 1. The summed E-state index contributed by atoms with van der Waals surface area (Å²) < 4.78 is 4.45. The van der Waals surface area contributed by atoms with Gasteiger partial charge in [0.05, 0.1) is 0 Å². The van der Waals surface area contributed by atoms with E-state index in [2.05, 4.69) is 19.9 Å². The first kappa shape index (κ1) is 6.78. The fourth-order valence-corrected chi connectivity index (χ4v) is 0.906. The predicted octanol–water partition coefficient (Wildman–Crippen LogP) is 0.714. The summed E-state index contributed by atoms with van der Waals surface area (Å²) in [5.41, 5.74) is 6.89. The lowest BCUT2D eigenvalue weighted by molar-refractivity contribution is 0.310. The minimum absolute atomic E-state index is 0.293. The van der Waals surface area contributed by atoms with Gasteiger partial charge >= 0.3 is 0 Å². The fraction of sp³-hybridized carbons (Fsp3) is 0. The van der Waals surface area contributed by atoms with Gasteiger partial charge in [0.2, 0.25) is 0 Å². The molecule has 0 fully saturated rings. The van der Waals surface area contributed by atoms with E-state index >= 15 is 0 Å². The van der Waals surface area contributed by atoms with Crippen molar-refractivity contribution < 1.29 is 4.63 Å². The summed E-state index contributed by atoms with van der Waals surface area (Å²) in [5, 5.41) is 7.11. The number of aromatic nitrogens is 3. The van der Waals surface area contributed by atoms with Crippen LogP contribution in [0.5, 0.6) is 0 Å². The molecule has 2 N–H and O–H groups in total. The number of anilines is 1. The zero-order valence-corrected chi connectivity index (χ0v) is 6.14. The lowest BCUT2D eigenvalue weighted by Crippen LogP contribution is -1.88. The van der Waals surface area contributed by atoms with Gasteiger partial charge in [-0.25, -0.2) is 4.63 Å². The Balaban J connectivity index is 2.51. The molecule has 0 saturated heterocycles. The molecule has 2 aromatic rings. The van der Waals surface area contributed by atoms with E-state index in [1.807, 2.05) is 0 Å². The Morgan fingerprint density at radius 1 is 1.17 bits per heavy atom. The lowest BCUT2D eigenvalue weighted by Gasteiger charge is -1.92. The third kappa shape index (κ3) is 1.01. The van der Waals surface area contributed by atoms with Crippen LogP contribution in [-0.4, -0.2) is 15.3 Å². The summed E-state index contributed by atoms with van der Waals surface area (Å²) in [6.45, 7) is 0. The third-order valence-electron chi connectivity index (χ3n) is 1.47. The Morgan fingerprint density at radius 3 is 2.50 bits per heavy atom. The van der Waals surface area contributed by atoms with Crippen LogP contribution in [0.1, 0.15) is 0 Å². The molecule has 0 saturated carbocycles. The van der Waals surface area contributed by atoms with Crippen molar-refractivity contribution in [3.05, 3.63) is 24.5 Å². The molecular formula is C7H6N4O. The Hall–Kier alpha value is -1.91. The molecule has 0 spiro atoms. The fourth-order valence-electron chi connectivity index (χ4n) is 0.906. The molecule has 0 aliphatic heterocycles. The first-order valence-electron chi connectivity index (χ1n) is 3.36. The standard InChI is InChI=1S/C7H6N4O/c8-7-6(10-12-11-7)5-1-3-9-4-2-5/h1-4H,(H2,8,11). The predicted molar refractivity (Wildman–Crippen MR) is 41.9 cm³/mol. The Labute approximate surface area is 68.2 Å². The van der Waals surface area contributed by atoms with Crippen LogP contribution >= 0.6 is 0 Å². The second-order valence-electron chi connectivity index (χ2n) is 2.23. The van der Waals surface area contributed by atoms with Crippen LogP contribution in [0.15, 0.2) is 29.2 Å². The molecule has 0 radical (unpaired) electrons. The molecular weight excluding hydrogens is 156 g/mol. The zero-order valence-electron chi connectivity index (χ0n) is 6.14. The topological polar surface area (TPSA) is 77.8 Å². The van der Waals surface area contributed by atoms with Gasteiger partial charge in [-0.3, -0.25) is 4.98 Å². The largest absolute Gasteiger partial charge is 0.379 e. The maximum Gasteiger partial charge on any atom is 0.196 e. The van der Waals surface area contributed by atoms with Crippen molar-refractivity contribution in [1.82, 2.24) is 15.3 Å². The highest BCUT2D eigenvalue weighted by Crippen LogP contribution is 2.19. The molecule has 5 nitrogen and oxygen atoms in total. The first-order valence-corrected chi connectivity index (χ1v) is 3.36. The van der Waals surface area contributed by atoms with E-state index in [0.717, 1.165) is 5.56 Å². The highest BCUT2D eigenvalue weighted by atomic mass is 16.6. The molecule has 0 unspecified atom stereocenters. The van der Waals surface area contributed by atoms with Gasteiger partial charge in [0.15, 0.2) is 11.5 Å². The third-order valence-corrected chi connectivity index (χ3v) is 1.47. The average molecular weight is 162 g/mol. The van der Waals surface area contributed by atoms with Gasteiger partial charge in [0.1, 0.15) is 0 Å². The normalized spacial score (nSPS) is 10.0. The molecule has 2 rings (SSSR count). The quantitative estimate of drug-likeness (QED) is 0.668. The second kappa shape index (κ2) is 2.61. The lowest BCUT2D eigenvalue weighted by atomic mass is 10.2. The maximum atomic E-state index is 5.48. The number of hydrogen-bond acceptors (Lipinski definition) is 5. The second-order valence-corrected chi connectivity index (χ2v) is 2.23. The molecule has 2 aromatic heterocycles. The Morgan fingerprint density at radius 2 is 1.92 bits per heavy atom. The zero-order chi connectivity index (χ0) is 8.39. The van der Waals surface area contributed by atoms with Gasteiger partial charge in [0, 0.05) is 18.0 Å². The van der Waals surface area contributed by atoms with Crippen LogP contribution in [0.3, 0.4) is 0 Å². The minimum atomic E-state index is 0.293. The molecule has 0 atom stereocenters. The highest BCUT2D eigenvalue weighted by molar-refractivity contribution is 5.67. The van der Waals surface area contributed by atoms with Gasteiger partial charge in [-0.2, -0.15) is 0 Å². The first-order chi connectivity index (χ1) is 5.88. The molecule has 60 valence electrons. The van der Waals surface area contributed by atoms with E-state index in [0.29, 0.717) is 11.5 Å². The number of pyridine rings is 1. The summed E-state index contributed by atoms with van der Waals surface area (Å²) in [4.78, 5) is 3.87. The molecule has 0 aliphatic rings. The maximum absolute atomic E-state index is 5.48. The van der Waals surface area contributed by atoms with Crippen molar-refractivity contribution in [1.29, 1.82) is 0 Å². The van der Waals surface area contributed by atoms with Gasteiger partial charge in [-0.05, 0) is 22.4 Å². The molecule has 0 bridgehead atoms. The van der Waals surface area contributed by atoms with Crippen LogP contribution in [0.4, 0.5) is 5.82 Å². The van der Waals surface area contributed by atoms with E-state index in [4.69, 9.17) is 5.73 Å². The van der Waals surface area contributed by atoms with Crippen molar-refractivity contribution in [2.24, 2.45) is 0 Å². The SMILES string of the molecule is Nc1nonc1-c1ccncc1. The minimum Gasteiger partial charge on any atom is -0.379 e. The van der Waals surface area contributed by atoms with E-state index in [-0.39, 0.29) is 0 Å². The summed E-state index contributed by atoms with van der Waals surface area (Å²) in [6, 6.07) is 3.58. The van der Waals surface area contributed by atoms with Crippen molar-refractivity contribution in [3.8, 4) is 11.3 Å². The van der Waals surface area contributed by atoms with Crippen molar-refractivity contribution >= 4 is 5.82 Å². The molecule has 12 heavy (non-hydrogen) atoms. The van der Waals surface area contributed by atoms with Crippen molar-refractivity contribution in [3.63, 3.8) is 0 Å². The van der Waals surface area contributed by atoms with Crippen molar-refractivity contribution in [2.75, 3.05) is 5.73 Å². The Kier molecular flexibility index (Phi) is 1.48. The summed E-state index contributed by atoms with van der Waals surface area (Å²) >= 11 is 0. The molecule has 0 aliphatic carbocycles. The highest BCUT2D eigenvalue weighted by Gasteiger charge is 2.07. The van der Waals surface area contributed by atoms with Gasteiger partial charge in [-0.15, -0.1) is 0 Å². The van der Waals surface area contributed by atoms with Gasteiger partial charge in [-0.1, -0.05) is 0 Å². The van der Waals surface area contributed by atoms with Crippen LogP contribution in [0.25, 0.3) is 11.3 Å². The summed E-state index contributed by atoms with van der Waals surface area (Å²) in [6.07, 6.45) is 3.31. The van der Waals surface area contributed by atoms with Crippen LogP contribution < -0.4 is 5.73 Å². The van der Waals surface area contributed by atoms with E-state index in [9.17, 15) is 0 Å². The number of nitrogen functional groups attached to an aromatic ring is 1. The summed E-state index contributed by atoms with van der Waals surface area (Å²) in [7, 11) is 0.